The molecule has 0 aliphatic carbocycles. The van der Waals surface area contributed by atoms with Gasteiger partial charge in [-0.1, -0.05) is 24.3 Å². The fourth-order valence-corrected chi connectivity index (χ4v) is 3.03. The van der Waals surface area contributed by atoms with Crippen molar-refractivity contribution >= 4 is 40.5 Å². The van der Waals surface area contributed by atoms with Crippen LogP contribution in [0.1, 0.15) is 25.6 Å². The minimum atomic E-state index is -0.707. The van der Waals surface area contributed by atoms with Crippen LogP contribution in [-0.4, -0.2) is 24.4 Å². The summed E-state index contributed by atoms with van der Waals surface area (Å²) in [5.41, 5.74) is 1.28. The molecule has 2 aromatic carbocycles. The van der Waals surface area contributed by atoms with E-state index in [-0.39, 0.29) is 11.5 Å². The van der Waals surface area contributed by atoms with Gasteiger partial charge in [0.15, 0.2) is 6.61 Å². The molecule has 0 atom stereocenters. The number of hydrogen-bond donors (Lipinski definition) is 2. The number of carbonyl (C=O) groups excluding carboxylic acids is 3. The van der Waals surface area contributed by atoms with Crippen molar-refractivity contribution < 1.29 is 19.1 Å². The van der Waals surface area contributed by atoms with Gasteiger partial charge in [-0.25, -0.2) is 4.79 Å². The third-order valence-electron chi connectivity index (χ3n) is 3.76. The number of anilines is 2. The highest BCUT2D eigenvalue weighted by molar-refractivity contribution is 7.12. The van der Waals surface area contributed by atoms with Crippen molar-refractivity contribution in [1.29, 1.82) is 5.26 Å². The second-order valence-electron chi connectivity index (χ2n) is 5.79. The molecule has 0 aliphatic rings. The Labute approximate surface area is 170 Å². The van der Waals surface area contributed by atoms with Crippen LogP contribution in [-0.2, 0) is 9.53 Å². The first-order valence-corrected chi connectivity index (χ1v) is 9.36. The number of nitriles is 1. The molecule has 3 rings (SSSR count). The van der Waals surface area contributed by atoms with Crippen molar-refractivity contribution in [1.82, 2.24) is 0 Å². The number of ether oxygens (including phenoxy) is 1. The van der Waals surface area contributed by atoms with E-state index in [1.54, 1.807) is 53.9 Å². The molecule has 2 N–H and O–H groups in total. The number of benzene rings is 2. The van der Waals surface area contributed by atoms with E-state index in [4.69, 9.17) is 10.00 Å². The smallest absolute Gasteiger partial charge is 0.338 e. The van der Waals surface area contributed by atoms with Gasteiger partial charge >= 0.3 is 5.97 Å². The summed E-state index contributed by atoms with van der Waals surface area (Å²) in [6.07, 6.45) is 0. The predicted octanol–water partition coefficient (Wildman–Crippen LogP) is 3.67. The van der Waals surface area contributed by atoms with Gasteiger partial charge in [-0.3, -0.25) is 9.59 Å². The summed E-state index contributed by atoms with van der Waals surface area (Å²) in [4.78, 5) is 36.9. The quantitative estimate of drug-likeness (QED) is 0.608. The number of hydrogen-bond acceptors (Lipinski definition) is 6. The maximum Gasteiger partial charge on any atom is 0.338 e. The Hall–Kier alpha value is -3.96. The first kappa shape index (κ1) is 19.8. The van der Waals surface area contributed by atoms with E-state index in [2.05, 4.69) is 10.6 Å². The molecule has 29 heavy (non-hydrogen) atoms. The second-order valence-corrected chi connectivity index (χ2v) is 6.74. The van der Waals surface area contributed by atoms with Crippen LogP contribution in [0, 0.1) is 11.3 Å². The van der Waals surface area contributed by atoms with Crippen LogP contribution in [0.15, 0.2) is 66.0 Å². The number of amides is 2. The Morgan fingerprint density at radius 2 is 1.83 bits per heavy atom. The first-order chi connectivity index (χ1) is 14.1. The van der Waals surface area contributed by atoms with Gasteiger partial charge in [0, 0.05) is 5.69 Å². The highest BCUT2D eigenvalue weighted by Crippen LogP contribution is 2.16. The topological polar surface area (TPSA) is 108 Å². The van der Waals surface area contributed by atoms with E-state index in [1.807, 2.05) is 6.07 Å². The average Bonchev–Trinajstić information content (AvgIpc) is 3.28. The molecule has 0 saturated carbocycles. The molecule has 144 valence electrons. The lowest BCUT2D eigenvalue weighted by Gasteiger charge is -2.09. The van der Waals surface area contributed by atoms with Gasteiger partial charge in [0.2, 0.25) is 0 Å². The zero-order valence-electron chi connectivity index (χ0n) is 15.0. The zero-order chi connectivity index (χ0) is 20.6. The van der Waals surface area contributed by atoms with Gasteiger partial charge in [-0.15, -0.1) is 11.3 Å². The highest BCUT2D eigenvalue weighted by Gasteiger charge is 2.13. The molecule has 1 aromatic heterocycles. The number of rotatable bonds is 6. The maximum atomic E-state index is 12.2. The molecule has 3 aromatic rings. The lowest BCUT2D eigenvalue weighted by atomic mass is 10.2. The molecular formula is C21H15N3O4S. The van der Waals surface area contributed by atoms with Crippen molar-refractivity contribution in [3.63, 3.8) is 0 Å². The summed E-state index contributed by atoms with van der Waals surface area (Å²) >= 11 is 1.31. The lowest BCUT2D eigenvalue weighted by Crippen LogP contribution is -2.21. The number of para-hydroxylation sites is 1. The van der Waals surface area contributed by atoms with Gasteiger partial charge in [0.25, 0.3) is 11.8 Å². The minimum Gasteiger partial charge on any atom is -0.452 e. The van der Waals surface area contributed by atoms with Gasteiger partial charge in [0.1, 0.15) is 6.07 Å². The summed E-state index contributed by atoms with van der Waals surface area (Å²) in [6, 6.07) is 18.2. The zero-order valence-corrected chi connectivity index (χ0v) is 15.9. The van der Waals surface area contributed by atoms with E-state index in [0.717, 1.165) is 0 Å². The van der Waals surface area contributed by atoms with Crippen molar-refractivity contribution in [2.24, 2.45) is 0 Å². The molecule has 7 nitrogen and oxygen atoms in total. The number of esters is 1. The fourth-order valence-electron chi connectivity index (χ4n) is 2.41. The van der Waals surface area contributed by atoms with Crippen molar-refractivity contribution in [2.75, 3.05) is 17.2 Å². The van der Waals surface area contributed by atoms with E-state index >= 15 is 0 Å². The number of nitrogens with one attached hydrogen (secondary N) is 2. The molecule has 2 amide bonds. The van der Waals surface area contributed by atoms with Crippen LogP contribution in [0.25, 0.3) is 0 Å². The lowest BCUT2D eigenvalue weighted by molar-refractivity contribution is -0.119. The number of thiophene rings is 1. The van der Waals surface area contributed by atoms with Crippen LogP contribution in [0.5, 0.6) is 0 Å². The van der Waals surface area contributed by atoms with Crippen molar-refractivity contribution in [3.8, 4) is 6.07 Å². The molecule has 0 radical (unpaired) electrons. The molecule has 0 spiro atoms. The molecule has 0 unspecified atom stereocenters. The van der Waals surface area contributed by atoms with Gasteiger partial charge in [-0.2, -0.15) is 5.26 Å². The predicted molar refractivity (Wildman–Crippen MR) is 109 cm³/mol. The highest BCUT2D eigenvalue weighted by atomic mass is 32.1. The normalized spacial score (nSPS) is 9.90. The van der Waals surface area contributed by atoms with E-state index < -0.39 is 18.5 Å². The Morgan fingerprint density at radius 3 is 2.59 bits per heavy atom. The summed E-state index contributed by atoms with van der Waals surface area (Å²) in [5, 5.41) is 16.1. The second kappa shape index (κ2) is 9.30. The van der Waals surface area contributed by atoms with E-state index in [0.29, 0.717) is 21.8 Å². The average molecular weight is 405 g/mol. The SMILES string of the molecule is N#Cc1ccccc1NC(=O)COC(=O)c1cccc(NC(=O)c2cccs2)c1. The summed E-state index contributed by atoms with van der Waals surface area (Å²) in [7, 11) is 0. The minimum absolute atomic E-state index is 0.194. The monoisotopic (exact) mass is 405 g/mol. The van der Waals surface area contributed by atoms with Crippen LogP contribution >= 0.6 is 11.3 Å². The van der Waals surface area contributed by atoms with Crippen LogP contribution in [0.2, 0.25) is 0 Å². The van der Waals surface area contributed by atoms with Gasteiger partial charge in [0.05, 0.1) is 21.7 Å². The van der Waals surface area contributed by atoms with Gasteiger partial charge in [-0.05, 0) is 41.8 Å². The summed E-state index contributed by atoms with van der Waals surface area (Å²) in [6.45, 7) is -0.510. The van der Waals surface area contributed by atoms with Crippen LogP contribution in [0.4, 0.5) is 11.4 Å². The Bertz CT molecular complexity index is 1090. The Kier molecular flexibility index (Phi) is 6.35. The molecule has 0 bridgehead atoms. The van der Waals surface area contributed by atoms with Crippen molar-refractivity contribution in [2.45, 2.75) is 0 Å². The fraction of sp³-hybridized carbons (Fsp3) is 0.0476. The largest absolute Gasteiger partial charge is 0.452 e. The number of carbonyl (C=O) groups is 3. The maximum absolute atomic E-state index is 12.2. The Balaban J connectivity index is 1.57. The number of nitrogens with zero attached hydrogens (tertiary/aromatic N) is 1. The molecule has 0 aliphatic heterocycles. The molecular weight excluding hydrogens is 390 g/mol. The van der Waals surface area contributed by atoms with E-state index in [1.165, 1.54) is 23.5 Å². The third-order valence-corrected chi connectivity index (χ3v) is 4.63. The Morgan fingerprint density at radius 1 is 1.00 bits per heavy atom. The van der Waals surface area contributed by atoms with Crippen molar-refractivity contribution in [3.05, 3.63) is 82.0 Å². The molecule has 1 heterocycles. The standard InChI is InChI=1S/C21H15N3O4S/c22-12-15-5-1-2-8-17(15)24-19(25)13-28-21(27)14-6-3-7-16(11-14)23-20(26)18-9-4-10-29-18/h1-11H,13H2,(H,23,26)(H,24,25). The van der Waals surface area contributed by atoms with E-state index in [9.17, 15) is 14.4 Å². The first-order valence-electron chi connectivity index (χ1n) is 8.48. The third kappa shape index (κ3) is 5.28. The molecule has 0 saturated heterocycles. The molecule has 0 fully saturated rings. The summed E-state index contributed by atoms with van der Waals surface area (Å²) in [5.74, 6) is -1.55. The molecule has 8 heteroatoms. The van der Waals surface area contributed by atoms with Crippen LogP contribution < -0.4 is 10.6 Å². The summed E-state index contributed by atoms with van der Waals surface area (Å²) < 4.78 is 5.02. The van der Waals surface area contributed by atoms with Gasteiger partial charge < -0.3 is 15.4 Å². The van der Waals surface area contributed by atoms with Crippen LogP contribution in [0.3, 0.4) is 0 Å².